The zero-order chi connectivity index (χ0) is 14.8. The number of hydrogen-bond acceptors (Lipinski definition) is 1. The molecule has 0 bridgehead atoms. The second kappa shape index (κ2) is 5.63. The quantitative estimate of drug-likeness (QED) is 0.531. The minimum atomic E-state index is -4.55. The van der Waals surface area contributed by atoms with Crippen LogP contribution < -0.4 is 0 Å². The van der Waals surface area contributed by atoms with Crippen LogP contribution in [0.25, 0.3) is 0 Å². The van der Waals surface area contributed by atoms with Gasteiger partial charge in [0.05, 0.1) is 16.3 Å². The minimum Gasteiger partial charge on any atom is -0.256 e. The van der Waals surface area contributed by atoms with Crippen molar-refractivity contribution in [3.05, 3.63) is 64.4 Å². The molecular formula is C14H8ClF4N. The number of hydrogen-bond donors (Lipinski definition) is 0. The van der Waals surface area contributed by atoms with Gasteiger partial charge in [0.2, 0.25) is 0 Å². The van der Waals surface area contributed by atoms with Crippen molar-refractivity contribution >= 4 is 23.5 Å². The summed E-state index contributed by atoms with van der Waals surface area (Å²) >= 11 is 5.49. The molecule has 0 radical (unpaired) electrons. The molecule has 2 aromatic carbocycles. The third-order valence-corrected chi connectivity index (χ3v) is 2.84. The Labute approximate surface area is 117 Å². The first kappa shape index (κ1) is 14.5. The predicted octanol–water partition coefficient (Wildman–Crippen LogP) is 5.25. The summed E-state index contributed by atoms with van der Waals surface area (Å²) in [5.41, 5.74) is -0.733. The predicted molar refractivity (Wildman–Crippen MR) is 70.1 cm³/mol. The molecule has 0 aliphatic rings. The zero-order valence-electron chi connectivity index (χ0n) is 9.96. The molecule has 0 saturated heterocycles. The number of aliphatic imine (C=N–C) groups is 1. The van der Waals surface area contributed by atoms with Gasteiger partial charge >= 0.3 is 6.18 Å². The van der Waals surface area contributed by atoms with E-state index in [4.69, 9.17) is 11.6 Å². The summed E-state index contributed by atoms with van der Waals surface area (Å²) in [6, 6.07) is 9.08. The van der Waals surface area contributed by atoms with Gasteiger partial charge in [-0.1, -0.05) is 29.8 Å². The molecule has 2 aromatic rings. The van der Waals surface area contributed by atoms with Gasteiger partial charge in [-0.05, 0) is 24.3 Å². The molecule has 0 fully saturated rings. The van der Waals surface area contributed by atoms with Crippen molar-refractivity contribution < 1.29 is 17.6 Å². The highest BCUT2D eigenvalue weighted by Gasteiger charge is 2.33. The zero-order valence-corrected chi connectivity index (χ0v) is 10.7. The van der Waals surface area contributed by atoms with Crippen molar-refractivity contribution in [3.63, 3.8) is 0 Å². The fourth-order valence-electron chi connectivity index (χ4n) is 1.53. The van der Waals surface area contributed by atoms with Gasteiger partial charge in [0.1, 0.15) is 5.82 Å². The summed E-state index contributed by atoms with van der Waals surface area (Å²) in [7, 11) is 0. The molecule has 0 aromatic heterocycles. The van der Waals surface area contributed by atoms with Crippen LogP contribution in [0.5, 0.6) is 0 Å². The highest BCUT2D eigenvalue weighted by atomic mass is 35.5. The molecule has 0 saturated carbocycles. The van der Waals surface area contributed by atoms with Crippen LogP contribution in [0.3, 0.4) is 0 Å². The second-order valence-electron chi connectivity index (χ2n) is 3.94. The lowest BCUT2D eigenvalue weighted by Crippen LogP contribution is -2.05. The number of rotatable bonds is 2. The first-order chi connectivity index (χ1) is 9.38. The van der Waals surface area contributed by atoms with Gasteiger partial charge in [-0.15, -0.1) is 0 Å². The Morgan fingerprint density at radius 2 is 1.75 bits per heavy atom. The average Bonchev–Trinajstić information content (AvgIpc) is 2.38. The second-order valence-corrected chi connectivity index (χ2v) is 4.35. The van der Waals surface area contributed by atoms with Gasteiger partial charge in [-0.3, -0.25) is 4.99 Å². The molecule has 0 heterocycles. The van der Waals surface area contributed by atoms with Crippen LogP contribution in [-0.4, -0.2) is 6.21 Å². The van der Waals surface area contributed by atoms with E-state index < -0.39 is 22.6 Å². The SMILES string of the molecule is Fc1ccccc1/C=N/c1ccc(Cl)c(C(F)(F)F)c1. The van der Waals surface area contributed by atoms with Gasteiger partial charge in [0.15, 0.2) is 0 Å². The maximum absolute atomic E-state index is 13.3. The van der Waals surface area contributed by atoms with Crippen molar-refractivity contribution in [3.8, 4) is 0 Å². The van der Waals surface area contributed by atoms with Gasteiger partial charge < -0.3 is 0 Å². The Balaban J connectivity index is 2.34. The van der Waals surface area contributed by atoms with Crippen molar-refractivity contribution in [1.82, 2.24) is 0 Å². The molecule has 6 heteroatoms. The molecule has 0 aliphatic carbocycles. The topological polar surface area (TPSA) is 12.4 Å². The van der Waals surface area contributed by atoms with E-state index in [1.165, 1.54) is 30.5 Å². The van der Waals surface area contributed by atoms with Crippen LogP contribution >= 0.6 is 11.6 Å². The summed E-state index contributed by atoms with van der Waals surface area (Å²) in [5, 5.41) is -0.401. The van der Waals surface area contributed by atoms with Crippen LogP contribution in [-0.2, 0) is 6.18 Å². The van der Waals surface area contributed by atoms with E-state index in [-0.39, 0.29) is 11.3 Å². The summed E-state index contributed by atoms with van der Waals surface area (Å²) < 4.78 is 51.3. The van der Waals surface area contributed by atoms with E-state index >= 15 is 0 Å². The number of alkyl halides is 3. The fourth-order valence-corrected chi connectivity index (χ4v) is 1.76. The maximum atomic E-state index is 13.3. The van der Waals surface area contributed by atoms with Crippen LogP contribution in [0.2, 0.25) is 5.02 Å². The summed E-state index contributed by atoms with van der Waals surface area (Å²) in [6.45, 7) is 0. The van der Waals surface area contributed by atoms with Crippen molar-refractivity contribution in [2.75, 3.05) is 0 Å². The minimum absolute atomic E-state index is 0.0463. The Bertz CT molecular complexity index is 650. The molecule has 0 spiro atoms. The van der Waals surface area contributed by atoms with Crippen molar-refractivity contribution in [2.24, 2.45) is 4.99 Å². The third-order valence-electron chi connectivity index (χ3n) is 2.51. The first-order valence-corrected chi connectivity index (χ1v) is 5.91. The summed E-state index contributed by atoms with van der Waals surface area (Å²) in [4.78, 5) is 3.83. The number of nitrogens with zero attached hydrogens (tertiary/aromatic N) is 1. The largest absolute Gasteiger partial charge is 0.417 e. The molecule has 0 aliphatic heterocycles. The molecule has 104 valence electrons. The molecule has 0 unspecified atom stereocenters. The third kappa shape index (κ3) is 3.36. The van der Waals surface area contributed by atoms with Crippen molar-refractivity contribution in [1.29, 1.82) is 0 Å². The van der Waals surface area contributed by atoms with E-state index in [2.05, 4.69) is 4.99 Å². The normalized spacial score (nSPS) is 12.1. The molecule has 1 nitrogen and oxygen atoms in total. The molecule has 0 amide bonds. The Morgan fingerprint density at radius 3 is 2.40 bits per heavy atom. The molecule has 2 rings (SSSR count). The first-order valence-electron chi connectivity index (χ1n) is 5.53. The Kier molecular flexibility index (Phi) is 4.09. The van der Waals surface area contributed by atoms with E-state index in [1.807, 2.05) is 0 Å². The highest BCUT2D eigenvalue weighted by Crippen LogP contribution is 2.36. The lowest BCUT2D eigenvalue weighted by Gasteiger charge is -2.09. The van der Waals surface area contributed by atoms with Gasteiger partial charge in [0.25, 0.3) is 0 Å². The summed E-state index contributed by atoms with van der Waals surface area (Å²) in [6.07, 6.45) is -3.39. The Morgan fingerprint density at radius 1 is 1.05 bits per heavy atom. The monoisotopic (exact) mass is 301 g/mol. The van der Waals surface area contributed by atoms with E-state index in [0.717, 1.165) is 12.1 Å². The van der Waals surface area contributed by atoms with Gasteiger partial charge in [-0.25, -0.2) is 4.39 Å². The fraction of sp³-hybridized carbons (Fsp3) is 0.0714. The maximum Gasteiger partial charge on any atom is 0.417 e. The van der Waals surface area contributed by atoms with Crippen LogP contribution in [0.1, 0.15) is 11.1 Å². The van der Waals surface area contributed by atoms with E-state index in [0.29, 0.717) is 0 Å². The van der Waals surface area contributed by atoms with Crippen molar-refractivity contribution in [2.45, 2.75) is 6.18 Å². The average molecular weight is 302 g/mol. The molecule has 20 heavy (non-hydrogen) atoms. The Hall–Kier alpha value is -1.88. The van der Waals surface area contributed by atoms with Gasteiger partial charge in [0, 0.05) is 11.8 Å². The lowest BCUT2D eigenvalue weighted by molar-refractivity contribution is -0.137. The van der Waals surface area contributed by atoms with Crippen LogP contribution in [0.4, 0.5) is 23.2 Å². The van der Waals surface area contributed by atoms with E-state index in [9.17, 15) is 17.6 Å². The van der Waals surface area contributed by atoms with Crippen LogP contribution in [0, 0.1) is 5.82 Å². The lowest BCUT2D eigenvalue weighted by atomic mass is 10.2. The molecule has 0 atom stereocenters. The number of benzene rings is 2. The standard InChI is InChI=1S/C14H8ClF4N/c15-12-6-5-10(7-11(12)14(17,18)19)20-8-9-3-1-2-4-13(9)16/h1-8H/b20-8+. The summed E-state index contributed by atoms with van der Waals surface area (Å²) in [5.74, 6) is -0.499. The molecular weight excluding hydrogens is 294 g/mol. The van der Waals surface area contributed by atoms with Gasteiger partial charge in [-0.2, -0.15) is 13.2 Å². The van der Waals surface area contributed by atoms with E-state index in [1.54, 1.807) is 6.07 Å². The number of halogens is 5. The smallest absolute Gasteiger partial charge is 0.256 e. The van der Waals surface area contributed by atoms with Crippen LogP contribution in [0.15, 0.2) is 47.5 Å². The molecule has 0 N–H and O–H groups in total. The highest BCUT2D eigenvalue weighted by molar-refractivity contribution is 6.31.